The van der Waals surface area contributed by atoms with Gasteiger partial charge in [-0.3, -0.25) is 5.10 Å². The lowest BCUT2D eigenvalue weighted by atomic mass is 9.81. The summed E-state index contributed by atoms with van der Waals surface area (Å²) in [5, 5.41) is 12.0. The maximum atomic E-state index is 4.51. The normalized spacial score (nSPS) is 24.2. The van der Waals surface area contributed by atoms with Crippen LogP contribution in [0.2, 0.25) is 0 Å². The second kappa shape index (κ2) is 5.84. The summed E-state index contributed by atoms with van der Waals surface area (Å²) in [7, 11) is 0. The summed E-state index contributed by atoms with van der Waals surface area (Å²) in [6.45, 7) is 3.29. The molecule has 0 aliphatic carbocycles. The van der Waals surface area contributed by atoms with E-state index in [-0.39, 0.29) is 5.54 Å². The van der Waals surface area contributed by atoms with Gasteiger partial charge in [0, 0.05) is 31.0 Å². The van der Waals surface area contributed by atoms with Gasteiger partial charge in [0.25, 0.3) is 0 Å². The lowest BCUT2D eigenvalue weighted by molar-refractivity contribution is 0.216. The fraction of sp³-hybridized carbons (Fsp3) is 0.500. The first kappa shape index (κ1) is 14.9. The number of aromatic amines is 2. The van der Waals surface area contributed by atoms with Crippen molar-refractivity contribution in [1.82, 2.24) is 30.5 Å². The average molecular weight is 337 g/mol. The molecule has 7 heteroatoms. The molecule has 130 valence electrons. The number of hydrogen-bond donors (Lipinski definition) is 3. The molecule has 3 aromatic heterocycles. The minimum atomic E-state index is 0.271. The molecular formula is C18H23N7. The Kier molecular flexibility index (Phi) is 3.48. The van der Waals surface area contributed by atoms with Gasteiger partial charge in [-0.15, -0.1) is 0 Å². The van der Waals surface area contributed by atoms with Crippen LogP contribution >= 0.6 is 0 Å². The van der Waals surface area contributed by atoms with E-state index in [1.807, 2.05) is 12.4 Å². The van der Waals surface area contributed by atoms with Gasteiger partial charge in [-0.25, -0.2) is 9.97 Å². The van der Waals surface area contributed by atoms with E-state index in [1.165, 1.54) is 37.8 Å². The largest absolute Gasteiger partial charge is 0.369 e. The number of nitrogens with one attached hydrogen (secondary N) is 3. The highest BCUT2D eigenvalue weighted by Gasteiger charge is 2.37. The molecule has 1 atom stereocenters. The highest BCUT2D eigenvalue weighted by Crippen LogP contribution is 2.37. The number of pyridine rings is 1. The summed E-state index contributed by atoms with van der Waals surface area (Å²) >= 11 is 0. The zero-order valence-electron chi connectivity index (χ0n) is 14.3. The Hall–Kier alpha value is -2.41. The van der Waals surface area contributed by atoms with Crippen LogP contribution < -0.4 is 10.2 Å². The Bertz CT molecular complexity index is 855. The van der Waals surface area contributed by atoms with Crippen LogP contribution in [0.25, 0.3) is 22.4 Å². The molecule has 0 amide bonds. The highest BCUT2D eigenvalue weighted by molar-refractivity contribution is 6.01. The van der Waals surface area contributed by atoms with E-state index in [1.54, 1.807) is 6.33 Å². The van der Waals surface area contributed by atoms with Gasteiger partial charge in [0.2, 0.25) is 0 Å². The van der Waals surface area contributed by atoms with Crippen molar-refractivity contribution in [2.45, 2.75) is 37.6 Å². The van der Waals surface area contributed by atoms with Crippen molar-refractivity contribution in [2.24, 2.45) is 0 Å². The van der Waals surface area contributed by atoms with Crippen molar-refractivity contribution in [3.63, 3.8) is 0 Å². The van der Waals surface area contributed by atoms with Gasteiger partial charge in [0.1, 0.15) is 12.0 Å². The lowest BCUT2D eigenvalue weighted by Gasteiger charge is -2.47. The van der Waals surface area contributed by atoms with Crippen LogP contribution in [0.3, 0.4) is 0 Å². The molecule has 0 bridgehead atoms. The monoisotopic (exact) mass is 337 g/mol. The Balaban J connectivity index is 1.57. The molecule has 5 heterocycles. The third-order valence-electron chi connectivity index (χ3n) is 5.71. The molecule has 7 nitrogen and oxygen atoms in total. The van der Waals surface area contributed by atoms with E-state index >= 15 is 0 Å². The van der Waals surface area contributed by atoms with E-state index < -0.39 is 0 Å². The SMILES string of the molecule is c1cc(N2CCCC3(CCCCN3)C2)c2c(-c3nc[nH]n3)c[nH]c2n1. The fourth-order valence-electron chi connectivity index (χ4n) is 4.53. The van der Waals surface area contributed by atoms with Crippen LogP contribution in [0, 0.1) is 0 Å². The predicted molar refractivity (Wildman–Crippen MR) is 97.5 cm³/mol. The molecule has 1 unspecified atom stereocenters. The van der Waals surface area contributed by atoms with Crippen molar-refractivity contribution in [3.8, 4) is 11.4 Å². The summed E-state index contributed by atoms with van der Waals surface area (Å²) < 4.78 is 0. The summed E-state index contributed by atoms with van der Waals surface area (Å²) in [4.78, 5) is 14.6. The van der Waals surface area contributed by atoms with E-state index in [0.717, 1.165) is 36.2 Å². The minimum Gasteiger partial charge on any atom is -0.369 e. The average Bonchev–Trinajstić information content (AvgIpc) is 3.31. The Labute approximate surface area is 146 Å². The standard InChI is InChI=1S/C18H23N7/c1-2-7-22-18(5-1)6-3-9-25(11-18)14-4-8-19-17-15(14)13(10-20-17)16-21-12-23-24-16/h4,8,10,12,22H,1-3,5-7,9,11H2,(H,19,20)(H,21,23,24). The molecule has 2 saturated heterocycles. The smallest absolute Gasteiger partial charge is 0.183 e. The number of fused-ring (bicyclic) bond motifs is 1. The fourth-order valence-corrected chi connectivity index (χ4v) is 4.53. The van der Waals surface area contributed by atoms with Crippen LogP contribution in [-0.2, 0) is 0 Å². The topological polar surface area (TPSA) is 85.5 Å². The van der Waals surface area contributed by atoms with E-state index in [4.69, 9.17) is 0 Å². The zero-order chi connectivity index (χ0) is 16.7. The Morgan fingerprint density at radius 3 is 2.92 bits per heavy atom. The minimum absolute atomic E-state index is 0.271. The molecule has 2 fully saturated rings. The van der Waals surface area contributed by atoms with Gasteiger partial charge in [0.05, 0.1) is 16.6 Å². The molecule has 1 spiro atoms. The number of anilines is 1. The first-order valence-electron chi connectivity index (χ1n) is 9.17. The van der Waals surface area contributed by atoms with Gasteiger partial charge >= 0.3 is 0 Å². The molecule has 25 heavy (non-hydrogen) atoms. The third kappa shape index (κ3) is 2.50. The van der Waals surface area contributed by atoms with Crippen LogP contribution in [-0.4, -0.2) is 50.3 Å². The molecule has 0 aromatic carbocycles. The molecule has 0 saturated carbocycles. The van der Waals surface area contributed by atoms with Gasteiger partial charge < -0.3 is 15.2 Å². The molecular weight excluding hydrogens is 314 g/mol. The zero-order valence-corrected chi connectivity index (χ0v) is 14.3. The summed E-state index contributed by atoms with van der Waals surface area (Å²) in [6.07, 6.45) is 11.9. The Morgan fingerprint density at radius 1 is 1.12 bits per heavy atom. The second-order valence-electron chi connectivity index (χ2n) is 7.27. The summed E-state index contributed by atoms with van der Waals surface area (Å²) in [5.41, 5.74) is 3.41. The Morgan fingerprint density at radius 2 is 2.08 bits per heavy atom. The predicted octanol–water partition coefficient (Wildman–Crippen LogP) is 2.46. The van der Waals surface area contributed by atoms with Crippen molar-refractivity contribution in [3.05, 3.63) is 24.8 Å². The number of nitrogens with zero attached hydrogens (tertiary/aromatic N) is 4. The number of H-pyrrole nitrogens is 2. The number of piperidine rings is 2. The molecule has 3 N–H and O–H groups in total. The molecule has 0 radical (unpaired) electrons. The summed E-state index contributed by atoms with van der Waals surface area (Å²) in [6, 6.07) is 2.13. The van der Waals surface area contributed by atoms with Crippen LogP contribution in [0.15, 0.2) is 24.8 Å². The van der Waals surface area contributed by atoms with E-state index in [2.05, 4.69) is 41.4 Å². The van der Waals surface area contributed by atoms with Crippen molar-refractivity contribution in [1.29, 1.82) is 0 Å². The van der Waals surface area contributed by atoms with E-state index in [9.17, 15) is 0 Å². The van der Waals surface area contributed by atoms with Gasteiger partial charge in [-0.1, -0.05) is 6.42 Å². The number of rotatable bonds is 2. The first-order chi connectivity index (χ1) is 12.3. The van der Waals surface area contributed by atoms with Crippen molar-refractivity contribution >= 4 is 16.7 Å². The lowest BCUT2D eigenvalue weighted by Crippen LogP contribution is -2.59. The first-order valence-corrected chi connectivity index (χ1v) is 9.17. The summed E-state index contributed by atoms with van der Waals surface area (Å²) in [5.74, 6) is 0.711. The quantitative estimate of drug-likeness (QED) is 0.669. The molecule has 5 rings (SSSR count). The highest BCUT2D eigenvalue weighted by atomic mass is 15.2. The van der Waals surface area contributed by atoms with Crippen LogP contribution in [0.5, 0.6) is 0 Å². The van der Waals surface area contributed by atoms with Crippen LogP contribution in [0.1, 0.15) is 32.1 Å². The molecule has 2 aliphatic heterocycles. The molecule has 3 aromatic rings. The van der Waals surface area contributed by atoms with E-state index in [0.29, 0.717) is 5.82 Å². The van der Waals surface area contributed by atoms with Gasteiger partial charge in [-0.05, 0) is 38.3 Å². The van der Waals surface area contributed by atoms with Gasteiger partial charge in [0.15, 0.2) is 5.82 Å². The maximum Gasteiger partial charge on any atom is 0.183 e. The second-order valence-corrected chi connectivity index (χ2v) is 7.27. The molecule has 2 aliphatic rings. The van der Waals surface area contributed by atoms with Crippen molar-refractivity contribution in [2.75, 3.05) is 24.5 Å². The maximum absolute atomic E-state index is 4.51. The van der Waals surface area contributed by atoms with Gasteiger partial charge in [-0.2, -0.15) is 5.10 Å². The third-order valence-corrected chi connectivity index (χ3v) is 5.71. The number of hydrogen-bond acceptors (Lipinski definition) is 5. The van der Waals surface area contributed by atoms with Crippen molar-refractivity contribution < 1.29 is 0 Å². The van der Waals surface area contributed by atoms with Crippen LogP contribution in [0.4, 0.5) is 5.69 Å². The number of aromatic nitrogens is 5.